The third kappa shape index (κ3) is 1.72. The van der Waals surface area contributed by atoms with E-state index in [4.69, 9.17) is 0 Å². The molecule has 1 aromatic heterocycles. The second kappa shape index (κ2) is 3.95. The molecule has 1 aromatic rings. The number of allylic oxidation sites excluding steroid dienone is 2. The molecule has 74 valence electrons. The van der Waals surface area contributed by atoms with Crippen molar-refractivity contribution in [1.82, 2.24) is 4.98 Å². The lowest BCUT2D eigenvalue weighted by Crippen LogP contribution is -2.01. The molecule has 1 nitrogen and oxygen atoms in total. The number of hydrogen-bond acceptors (Lipinski definition) is 1. The summed E-state index contributed by atoms with van der Waals surface area (Å²) in [6, 6.07) is 4.30. The van der Waals surface area contributed by atoms with Gasteiger partial charge in [-0.25, -0.2) is 0 Å². The molecule has 0 bridgehead atoms. The van der Waals surface area contributed by atoms with E-state index in [9.17, 15) is 0 Å². The first kappa shape index (κ1) is 9.45. The average Bonchev–Trinajstić information content (AvgIpc) is 2.13. The molecule has 0 spiro atoms. The first-order valence-electron chi connectivity index (χ1n) is 5.45. The number of rotatable bonds is 2. The quantitative estimate of drug-likeness (QED) is 0.687. The van der Waals surface area contributed by atoms with Crippen LogP contribution in [0.15, 0.2) is 23.9 Å². The third-order valence-corrected chi connectivity index (χ3v) is 3.00. The summed E-state index contributed by atoms with van der Waals surface area (Å²) in [6.07, 6.45) is 7.13. The molecule has 0 saturated heterocycles. The van der Waals surface area contributed by atoms with Gasteiger partial charge in [0.1, 0.15) is 0 Å². The van der Waals surface area contributed by atoms with Gasteiger partial charge in [0.15, 0.2) is 0 Å². The van der Waals surface area contributed by atoms with Gasteiger partial charge < -0.3 is 0 Å². The van der Waals surface area contributed by atoms with E-state index in [1.54, 1.807) is 5.57 Å². The highest BCUT2D eigenvalue weighted by Gasteiger charge is 2.14. The molecule has 2 rings (SSSR count). The van der Waals surface area contributed by atoms with Crippen LogP contribution in [-0.4, -0.2) is 4.98 Å². The molecule has 14 heavy (non-hydrogen) atoms. The van der Waals surface area contributed by atoms with Crippen LogP contribution in [-0.2, 0) is 0 Å². The Labute approximate surface area is 85.9 Å². The first-order valence-corrected chi connectivity index (χ1v) is 5.45. The van der Waals surface area contributed by atoms with Crippen LogP contribution in [0.2, 0.25) is 0 Å². The van der Waals surface area contributed by atoms with Crippen molar-refractivity contribution in [3.8, 4) is 0 Å². The van der Waals surface area contributed by atoms with E-state index >= 15 is 0 Å². The zero-order valence-corrected chi connectivity index (χ0v) is 9.01. The molecule has 0 aromatic carbocycles. The number of aryl methyl sites for hydroxylation is 1. The minimum absolute atomic E-state index is 1.10. The minimum Gasteiger partial charge on any atom is -0.261 e. The van der Waals surface area contributed by atoms with E-state index in [1.807, 2.05) is 13.1 Å². The highest BCUT2D eigenvalue weighted by Crippen LogP contribution is 2.34. The van der Waals surface area contributed by atoms with Crippen molar-refractivity contribution in [2.45, 2.75) is 39.5 Å². The largest absolute Gasteiger partial charge is 0.261 e. The van der Waals surface area contributed by atoms with Gasteiger partial charge >= 0.3 is 0 Å². The molecule has 0 radical (unpaired) electrons. The van der Waals surface area contributed by atoms with Gasteiger partial charge in [-0.15, -0.1) is 0 Å². The van der Waals surface area contributed by atoms with Crippen molar-refractivity contribution >= 4 is 5.57 Å². The topological polar surface area (TPSA) is 12.9 Å². The van der Waals surface area contributed by atoms with Crippen molar-refractivity contribution in [3.05, 3.63) is 35.2 Å². The predicted molar refractivity (Wildman–Crippen MR) is 60.0 cm³/mol. The van der Waals surface area contributed by atoms with Gasteiger partial charge in [0.25, 0.3) is 0 Å². The molecular formula is C13H17N. The fourth-order valence-electron chi connectivity index (χ4n) is 1.96. The maximum atomic E-state index is 4.35. The number of nitrogens with zero attached hydrogens (tertiary/aromatic N) is 1. The van der Waals surface area contributed by atoms with Crippen molar-refractivity contribution in [2.75, 3.05) is 0 Å². The van der Waals surface area contributed by atoms with E-state index in [2.05, 4.69) is 24.0 Å². The van der Waals surface area contributed by atoms with Crippen LogP contribution in [0.4, 0.5) is 0 Å². The fourth-order valence-corrected chi connectivity index (χ4v) is 1.96. The Morgan fingerprint density at radius 3 is 2.57 bits per heavy atom. The molecule has 1 heteroatoms. The predicted octanol–water partition coefficient (Wildman–Crippen LogP) is 3.74. The summed E-state index contributed by atoms with van der Waals surface area (Å²) in [5.74, 6) is 0. The number of aromatic nitrogens is 1. The summed E-state index contributed by atoms with van der Waals surface area (Å²) in [5, 5.41) is 0. The summed E-state index contributed by atoms with van der Waals surface area (Å²) in [5.41, 5.74) is 5.61. The molecule has 1 saturated carbocycles. The van der Waals surface area contributed by atoms with Gasteiger partial charge in [0.05, 0.1) is 0 Å². The smallest absolute Gasteiger partial charge is 0.0373 e. The summed E-state index contributed by atoms with van der Waals surface area (Å²) in [6.45, 7) is 4.27. The first-order chi connectivity index (χ1) is 6.81. The Morgan fingerprint density at radius 2 is 2.14 bits per heavy atom. The number of pyridine rings is 1. The molecule has 0 unspecified atom stereocenters. The molecule has 0 N–H and O–H groups in total. The van der Waals surface area contributed by atoms with Crippen molar-refractivity contribution in [3.63, 3.8) is 0 Å². The van der Waals surface area contributed by atoms with E-state index in [0.29, 0.717) is 0 Å². The van der Waals surface area contributed by atoms with E-state index in [1.165, 1.54) is 30.4 Å². The van der Waals surface area contributed by atoms with Crippen molar-refractivity contribution in [2.24, 2.45) is 0 Å². The Bertz CT molecular complexity index is 340. The second-order valence-corrected chi connectivity index (χ2v) is 3.98. The summed E-state index contributed by atoms with van der Waals surface area (Å²) in [4.78, 5) is 4.35. The molecule has 1 fully saturated rings. The Morgan fingerprint density at radius 1 is 1.36 bits per heavy atom. The SMILES string of the molecule is CCC(=C1CCC1)c1ccc(C)nc1. The van der Waals surface area contributed by atoms with Crippen LogP contribution in [0.5, 0.6) is 0 Å². The standard InChI is InChI=1S/C13H17N/c1-3-13(11-5-4-6-11)12-8-7-10(2)14-9-12/h7-9H,3-6H2,1-2H3. The lowest BCUT2D eigenvalue weighted by molar-refractivity contribution is 0.662. The van der Waals surface area contributed by atoms with Crippen LogP contribution >= 0.6 is 0 Å². The Kier molecular flexibility index (Phi) is 2.67. The average molecular weight is 187 g/mol. The van der Waals surface area contributed by atoms with Crippen molar-refractivity contribution in [1.29, 1.82) is 0 Å². The molecule has 0 atom stereocenters. The molecule has 0 amide bonds. The van der Waals surface area contributed by atoms with Gasteiger partial charge in [-0.05, 0) is 49.8 Å². The van der Waals surface area contributed by atoms with Gasteiger partial charge in [-0.2, -0.15) is 0 Å². The summed E-state index contributed by atoms with van der Waals surface area (Å²) in [7, 11) is 0. The van der Waals surface area contributed by atoms with Gasteiger partial charge in [-0.3, -0.25) is 4.98 Å². The van der Waals surface area contributed by atoms with E-state index < -0.39 is 0 Å². The normalized spacial score (nSPS) is 15.1. The molecule has 1 aliphatic rings. The lowest BCUT2D eigenvalue weighted by Gasteiger charge is -2.21. The van der Waals surface area contributed by atoms with Crippen LogP contribution in [0.3, 0.4) is 0 Å². The molecule has 0 aliphatic heterocycles. The maximum absolute atomic E-state index is 4.35. The van der Waals surface area contributed by atoms with Gasteiger partial charge in [0, 0.05) is 11.9 Å². The number of hydrogen-bond donors (Lipinski definition) is 0. The summed E-state index contributed by atoms with van der Waals surface area (Å²) < 4.78 is 0. The molecular weight excluding hydrogens is 170 g/mol. The monoisotopic (exact) mass is 187 g/mol. The fraction of sp³-hybridized carbons (Fsp3) is 0.462. The minimum atomic E-state index is 1.10. The Hall–Kier alpha value is -1.11. The summed E-state index contributed by atoms with van der Waals surface area (Å²) >= 11 is 0. The Balaban J connectivity index is 2.32. The lowest BCUT2D eigenvalue weighted by atomic mass is 9.84. The van der Waals surface area contributed by atoms with Crippen molar-refractivity contribution < 1.29 is 0 Å². The third-order valence-electron chi connectivity index (χ3n) is 3.00. The molecule has 1 aliphatic carbocycles. The highest BCUT2D eigenvalue weighted by atomic mass is 14.7. The van der Waals surface area contributed by atoms with Crippen LogP contribution in [0, 0.1) is 6.92 Å². The van der Waals surface area contributed by atoms with Crippen LogP contribution < -0.4 is 0 Å². The zero-order valence-electron chi connectivity index (χ0n) is 9.01. The zero-order chi connectivity index (χ0) is 9.97. The van der Waals surface area contributed by atoms with Gasteiger partial charge in [0.2, 0.25) is 0 Å². The highest BCUT2D eigenvalue weighted by molar-refractivity contribution is 5.68. The van der Waals surface area contributed by atoms with Crippen LogP contribution in [0.1, 0.15) is 43.9 Å². The van der Waals surface area contributed by atoms with E-state index in [0.717, 1.165) is 12.1 Å². The maximum Gasteiger partial charge on any atom is 0.0373 e. The van der Waals surface area contributed by atoms with Crippen LogP contribution in [0.25, 0.3) is 5.57 Å². The second-order valence-electron chi connectivity index (χ2n) is 3.98. The van der Waals surface area contributed by atoms with E-state index in [-0.39, 0.29) is 0 Å². The van der Waals surface area contributed by atoms with Gasteiger partial charge in [-0.1, -0.05) is 18.6 Å². The molecule has 1 heterocycles.